The number of rotatable bonds is 5. The van der Waals surface area contributed by atoms with Crippen molar-refractivity contribution in [1.29, 1.82) is 0 Å². The molecule has 0 unspecified atom stereocenters. The molecular weight excluding hydrogens is 278 g/mol. The van der Waals surface area contributed by atoms with Gasteiger partial charge in [0.05, 0.1) is 11.1 Å². The highest BCUT2D eigenvalue weighted by Gasteiger charge is 2.29. The van der Waals surface area contributed by atoms with E-state index in [2.05, 4.69) is 0 Å². The summed E-state index contributed by atoms with van der Waals surface area (Å²) in [6, 6.07) is 5.47. The number of ether oxygens (including phenoxy) is 1. The van der Waals surface area contributed by atoms with E-state index >= 15 is 0 Å². The zero-order valence-corrected chi connectivity index (χ0v) is 12.6. The van der Waals surface area contributed by atoms with Crippen LogP contribution >= 0.6 is 11.6 Å². The van der Waals surface area contributed by atoms with E-state index < -0.39 is 0 Å². The molecule has 4 nitrogen and oxygen atoms in total. The molecule has 0 bridgehead atoms. The minimum atomic E-state index is -0.189. The van der Waals surface area contributed by atoms with E-state index in [0.29, 0.717) is 23.2 Å². The lowest BCUT2D eigenvalue weighted by molar-refractivity contribution is -0.133. The maximum atomic E-state index is 12.0. The fourth-order valence-corrected chi connectivity index (χ4v) is 2.48. The fraction of sp³-hybridized carbons (Fsp3) is 0.533. The smallest absolute Gasteiger partial charge is 0.260 e. The van der Waals surface area contributed by atoms with Gasteiger partial charge >= 0.3 is 0 Å². The molecule has 5 heteroatoms. The molecule has 1 aliphatic rings. The summed E-state index contributed by atoms with van der Waals surface area (Å²) in [5.74, 6) is 0.859. The highest BCUT2D eigenvalue weighted by Crippen LogP contribution is 2.28. The molecule has 20 heavy (non-hydrogen) atoms. The van der Waals surface area contributed by atoms with Crippen LogP contribution in [0.3, 0.4) is 0 Å². The van der Waals surface area contributed by atoms with Crippen LogP contribution in [0.25, 0.3) is 0 Å². The van der Waals surface area contributed by atoms with Crippen LogP contribution in [0.5, 0.6) is 5.75 Å². The number of aryl methyl sites for hydroxylation is 1. The quantitative estimate of drug-likeness (QED) is 0.907. The topological polar surface area (TPSA) is 49.8 Å². The number of hydrogen-bond donors (Lipinski definition) is 1. The van der Waals surface area contributed by atoms with Crippen molar-refractivity contribution >= 4 is 17.5 Å². The molecule has 0 aromatic heterocycles. The van der Waals surface area contributed by atoms with Crippen molar-refractivity contribution in [1.82, 2.24) is 4.90 Å². The van der Waals surface area contributed by atoms with E-state index in [4.69, 9.17) is 16.3 Å². The standard InChI is InChI=1S/C15H20ClNO3/c1-10-3-4-13(16)14(5-10)20-9-15(19)17(2)8-11-6-12(18)7-11/h3-5,11-12,18H,6-9H2,1-2H3. The number of carbonyl (C=O) groups is 1. The van der Waals surface area contributed by atoms with Gasteiger partial charge in [-0.3, -0.25) is 4.79 Å². The molecule has 0 atom stereocenters. The number of aliphatic hydroxyl groups is 1. The van der Waals surface area contributed by atoms with Crippen molar-refractivity contribution in [3.63, 3.8) is 0 Å². The molecule has 1 N–H and O–H groups in total. The first-order valence-electron chi connectivity index (χ1n) is 6.76. The molecule has 110 valence electrons. The minimum absolute atomic E-state index is 0.0189. The van der Waals surface area contributed by atoms with Crippen LogP contribution in [-0.4, -0.2) is 42.2 Å². The number of nitrogens with zero attached hydrogens (tertiary/aromatic N) is 1. The van der Waals surface area contributed by atoms with Gasteiger partial charge in [0, 0.05) is 13.6 Å². The predicted molar refractivity (Wildman–Crippen MR) is 78.1 cm³/mol. The Balaban J connectivity index is 1.80. The van der Waals surface area contributed by atoms with E-state index in [0.717, 1.165) is 18.4 Å². The van der Waals surface area contributed by atoms with Crippen molar-refractivity contribution in [3.8, 4) is 5.75 Å². The van der Waals surface area contributed by atoms with E-state index in [1.54, 1.807) is 18.0 Å². The Labute approximate surface area is 124 Å². The third-order valence-corrected chi connectivity index (χ3v) is 3.92. The highest BCUT2D eigenvalue weighted by atomic mass is 35.5. The van der Waals surface area contributed by atoms with Crippen LogP contribution < -0.4 is 4.74 Å². The van der Waals surface area contributed by atoms with Crippen molar-refractivity contribution in [2.24, 2.45) is 5.92 Å². The molecule has 0 spiro atoms. The second-order valence-corrected chi connectivity index (χ2v) is 5.90. The molecule has 1 amide bonds. The van der Waals surface area contributed by atoms with Crippen LogP contribution in [0.2, 0.25) is 5.02 Å². The number of benzene rings is 1. The molecule has 1 fully saturated rings. The van der Waals surface area contributed by atoms with Crippen molar-refractivity contribution in [2.45, 2.75) is 25.9 Å². The maximum Gasteiger partial charge on any atom is 0.260 e. The first-order valence-corrected chi connectivity index (χ1v) is 7.14. The largest absolute Gasteiger partial charge is 0.482 e. The Morgan fingerprint density at radius 1 is 1.50 bits per heavy atom. The Morgan fingerprint density at radius 2 is 2.20 bits per heavy atom. The molecular formula is C15H20ClNO3. The summed E-state index contributed by atoms with van der Waals surface area (Å²) in [6.45, 7) is 2.59. The Kier molecular flexibility index (Phi) is 4.89. The summed E-state index contributed by atoms with van der Waals surface area (Å²) in [6.07, 6.45) is 1.37. The Hall–Kier alpha value is -1.26. The van der Waals surface area contributed by atoms with Crippen LogP contribution in [0.15, 0.2) is 18.2 Å². The maximum absolute atomic E-state index is 12.0. The number of carbonyl (C=O) groups excluding carboxylic acids is 1. The summed E-state index contributed by atoms with van der Waals surface area (Å²) in [4.78, 5) is 13.6. The number of hydrogen-bond acceptors (Lipinski definition) is 3. The molecule has 1 aromatic carbocycles. The average Bonchev–Trinajstić information content (AvgIpc) is 2.37. The van der Waals surface area contributed by atoms with E-state index in [-0.39, 0.29) is 18.6 Å². The molecule has 0 radical (unpaired) electrons. The lowest BCUT2D eigenvalue weighted by Gasteiger charge is -2.34. The first-order chi connectivity index (χ1) is 9.45. The molecule has 1 saturated carbocycles. The molecule has 0 saturated heterocycles. The fourth-order valence-electron chi connectivity index (χ4n) is 2.31. The van der Waals surface area contributed by atoms with Crippen molar-refractivity contribution in [3.05, 3.63) is 28.8 Å². The second-order valence-electron chi connectivity index (χ2n) is 5.49. The van der Waals surface area contributed by atoms with E-state index in [9.17, 15) is 9.90 Å². The molecule has 0 heterocycles. The summed E-state index contributed by atoms with van der Waals surface area (Å²) in [5, 5.41) is 9.74. The van der Waals surface area contributed by atoms with Crippen LogP contribution in [0.4, 0.5) is 0 Å². The number of amides is 1. The first kappa shape index (κ1) is 15.1. The van der Waals surface area contributed by atoms with Gasteiger partial charge < -0.3 is 14.7 Å². The minimum Gasteiger partial charge on any atom is -0.482 e. The van der Waals surface area contributed by atoms with E-state index in [1.807, 2.05) is 19.1 Å². The van der Waals surface area contributed by atoms with Crippen LogP contribution in [-0.2, 0) is 4.79 Å². The SMILES string of the molecule is Cc1ccc(Cl)c(OCC(=O)N(C)CC2CC(O)C2)c1. The van der Waals surface area contributed by atoms with Gasteiger partial charge in [-0.15, -0.1) is 0 Å². The predicted octanol–water partition coefficient (Wildman–Crippen LogP) is 2.26. The average molecular weight is 298 g/mol. The molecule has 2 rings (SSSR count). The summed E-state index contributed by atoms with van der Waals surface area (Å²) < 4.78 is 5.48. The Morgan fingerprint density at radius 3 is 2.85 bits per heavy atom. The third kappa shape index (κ3) is 3.87. The zero-order chi connectivity index (χ0) is 14.7. The monoisotopic (exact) mass is 297 g/mol. The van der Waals surface area contributed by atoms with Gasteiger partial charge in [-0.05, 0) is 43.4 Å². The van der Waals surface area contributed by atoms with Crippen LogP contribution in [0.1, 0.15) is 18.4 Å². The summed E-state index contributed by atoms with van der Waals surface area (Å²) in [5.41, 5.74) is 1.04. The summed E-state index contributed by atoms with van der Waals surface area (Å²) in [7, 11) is 1.76. The lowest BCUT2D eigenvalue weighted by atomic mass is 9.82. The van der Waals surface area contributed by atoms with Crippen molar-refractivity contribution in [2.75, 3.05) is 20.2 Å². The highest BCUT2D eigenvalue weighted by molar-refractivity contribution is 6.32. The number of aliphatic hydroxyl groups excluding tert-OH is 1. The van der Waals surface area contributed by atoms with Crippen molar-refractivity contribution < 1.29 is 14.6 Å². The van der Waals surface area contributed by atoms with Crippen LogP contribution in [0, 0.1) is 12.8 Å². The zero-order valence-electron chi connectivity index (χ0n) is 11.8. The third-order valence-electron chi connectivity index (χ3n) is 3.61. The summed E-state index contributed by atoms with van der Waals surface area (Å²) >= 11 is 6.01. The van der Waals surface area contributed by atoms with Gasteiger partial charge in [0.15, 0.2) is 6.61 Å². The van der Waals surface area contributed by atoms with Gasteiger partial charge in [0.25, 0.3) is 5.91 Å². The second kappa shape index (κ2) is 6.46. The normalized spacial score (nSPS) is 21.2. The Bertz CT molecular complexity index is 486. The van der Waals surface area contributed by atoms with Gasteiger partial charge in [0.2, 0.25) is 0 Å². The van der Waals surface area contributed by atoms with Gasteiger partial charge in [0.1, 0.15) is 5.75 Å². The molecule has 1 aliphatic carbocycles. The van der Waals surface area contributed by atoms with Gasteiger partial charge in [-0.25, -0.2) is 0 Å². The molecule has 0 aliphatic heterocycles. The van der Waals surface area contributed by atoms with Gasteiger partial charge in [-0.2, -0.15) is 0 Å². The number of likely N-dealkylation sites (N-methyl/N-ethyl adjacent to an activating group) is 1. The van der Waals surface area contributed by atoms with E-state index in [1.165, 1.54) is 0 Å². The molecule has 1 aromatic rings. The number of halogens is 1. The van der Waals surface area contributed by atoms with Gasteiger partial charge in [-0.1, -0.05) is 17.7 Å². The lowest BCUT2D eigenvalue weighted by Crippen LogP contribution is -2.41.